The van der Waals surface area contributed by atoms with E-state index in [1.54, 1.807) is 18.2 Å². The molecule has 0 aromatic heterocycles. The standard InChI is InChI=1S/C26H24ClF3N2O4S2/c1-26(2,15-4-9-20(27)23(10-15)36-3)24-13-31-25(32(24)17-7-5-16(28)6-8-17)37-14-19-21(29)11-18(12-22(19)30)38(33,34)35/h4-12,24H,13-14H2,1-3H3,(H,33,34,35). The van der Waals surface area contributed by atoms with Crippen molar-refractivity contribution >= 4 is 44.3 Å². The summed E-state index contributed by atoms with van der Waals surface area (Å²) in [5.74, 6) is -2.33. The first-order valence-electron chi connectivity index (χ1n) is 11.3. The fraction of sp³-hybridized carbons (Fsp3) is 0.269. The number of nitrogens with zero attached hydrogens (tertiary/aromatic N) is 2. The molecule has 4 rings (SSSR count). The third-order valence-corrected chi connectivity index (χ3v) is 8.67. The summed E-state index contributed by atoms with van der Waals surface area (Å²) in [7, 11) is -3.24. The van der Waals surface area contributed by atoms with Crippen molar-refractivity contribution in [3.63, 3.8) is 0 Å². The van der Waals surface area contributed by atoms with Gasteiger partial charge in [0.1, 0.15) is 23.2 Å². The van der Waals surface area contributed by atoms with Gasteiger partial charge in [-0.25, -0.2) is 13.2 Å². The van der Waals surface area contributed by atoms with Gasteiger partial charge in [-0.1, -0.05) is 43.3 Å². The number of aliphatic imine (C=N–C) groups is 1. The van der Waals surface area contributed by atoms with E-state index >= 15 is 0 Å². The molecule has 1 heterocycles. The molecule has 38 heavy (non-hydrogen) atoms. The molecule has 0 amide bonds. The Kier molecular flexibility index (Phi) is 8.04. The van der Waals surface area contributed by atoms with Gasteiger partial charge in [0.25, 0.3) is 10.1 Å². The highest BCUT2D eigenvalue weighted by molar-refractivity contribution is 8.13. The lowest BCUT2D eigenvalue weighted by Crippen LogP contribution is -2.48. The van der Waals surface area contributed by atoms with Gasteiger partial charge in [0.05, 0.1) is 29.6 Å². The highest BCUT2D eigenvalue weighted by Gasteiger charge is 2.41. The highest BCUT2D eigenvalue weighted by atomic mass is 35.5. The lowest BCUT2D eigenvalue weighted by atomic mass is 9.77. The Morgan fingerprint density at radius 1 is 1.11 bits per heavy atom. The molecule has 3 aromatic rings. The molecule has 1 aliphatic heterocycles. The smallest absolute Gasteiger partial charge is 0.294 e. The van der Waals surface area contributed by atoms with Crippen molar-refractivity contribution in [2.24, 2.45) is 4.99 Å². The summed E-state index contributed by atoms with van der Waals surface area (Å²) < 4.78 is 80.1. The number of hydrogen-bond donors (Lipinski definition) is 1. The van der Waals surface area contributed by atoms with E-state index in [-0.39, 0.29) is 17.4 Å². The first-order valence-corrected chi connectivity index (χ1v) is 14.1. The van der Waals surface area contributed by atoms with Crippen molar-refractivity contribution < 1.29 is 30.9 Å². The molecule has 1 N–H and O–H groups in total. The van der Waals surface area contributed by atoms with Gasteiger partial charge in [0.2, 0.25) is 0 Å². The van der Waals surface area contributed by atoms with Crippen LogP contribution in [-0.4, -0.2) is 37.8 Å². The van der Waals surface area contributed by atoms with Crippen LogP contribution < -0.4 is 9.64 Å². The molecule has 12 heteroatoms. The molecular weight excluding hydrogens is 561 g/mol. The van der Waals surface area contributed by atoms with Gasteiger partial charge in [0.15, 0.2) is 5.17 Å². The maximum atomic E-state index is 14.6. The Bertz CT molecular complexity index is 1480. The van der Waals surface area contributed by atoms with Crippen LogP contribution >= 0.6 is 23.4 Å². The highest BCUT2D eigenvalue weighted by Crippen LogP contribution is 2.41. The zero-order valence-electron chi connectivity index (χ0n) is 20.6. The maximum Gasteiger partial charge on any atom is 0.294 e. The number of halogens is 4. The van der Waals surface area contributed by atoms with E-state index in [0.29, 0.717) is 40.3 Å². The summed E-state index contributed by atoms with van der Waals surface area (Å²) in [5.41, 5.74) is 0.646. The molecule has 6 nitrogen and oxygen atoms in total. The molecule has 0 bridgehead atoms. The third kappa shape index (κ3) is 5.66. The quantitative estimate of drug-likeness (QED) is 0.321. The SMILES string of the molecule is COc1cc(C(C)(C)C2CN=C(SCc3c(F)cc(S(=O)(=O)O)cc3F)N2c2ccc(F)cc2)ccc1Cl. The second-order valence-electron chi connectivity index (χ2n) is 9.19. The summed E-state index contributed by atoms with van der Waals surface area (Å²) in [6.45, 7) is 4.38. The van der Waals surface area contributed by atoms with Crippen molar-refractivity contribution in [3.05, 3.63) is 88.2 Å². The minimum atomic E-state index is -4.77. The normalized spacial score (nSPS) is 16.1. The Labute approximate surface area is 228 Å². The Balaban J connectivity index is 1.67. The van der Waals surface area contributed by atoms with Crippen LogP contribution in [0, 0.1) is 17.5 Å². The molecule has 202 valence electrons. The number of thioether (sulfide) groups is 1. The second kappa shape index (κ2) is 10.8. The minimum Gasteiger partial charge on any atom is -0.495 e. The Morgan fingerprint density at radius 2 is 1.74 bits per heavy atom. The number of amidine groups is 1. The zero-order chi connectivity index (χ0) is 27.8. The van der Waals surface area contributed by atoms with E-state index < -0.39 is 37.9 Å². The van der Waals surface area contributed by atoms with E-state index in [1.807, 2.05) is 30.9 Å². The lowest BCUT2D eigenvalue weighted by Gasteiger charge is -2.39. The molecule has 1 atom stereocenters. The van der Waals surface area contributed by atoms with Gasteiger partial charge in [-0.15, -0.1) is 0 Å². The number of anilines is 1. The molecule has 1 aliphatic rings. The third-order valence-electron chi connectivity index (χ3n) is 6.51. The second-order valence-corrected chi connectivity index (χ2v) is 12.0. The number of benzene rings is 3. The maximum absolute atomic E-state index is 14.6. The van der Waals surface area contributed by atoms with Crippen LogP contribution in [0.25, 0.3) is 0 Å². The van der Waals surface area contributed by atoms with Gasteiger partial charge in [-0.2, -0.15) is 8.42 Å². The molecule has 0 saturated heterocycles. The summed E-state index contributed by atoms with van der Waals surface area (Å²) in [6.07, 6.45) is 0. The van der Waals surface area contributed by atoms with Gasteiger partial charge in [0, 0.05) is 22.4 Å². The summed E-state index contributed by atoms with van der Waals surface area (Å²) >= 11 is 7.28. The van der Waals surface area contributed by atoms with Crippen LogP contribution in [0.1, 0.15) is 25.0 Å². The van der Waals surface area contributed by atoms with Crippen LogP contribution in [0.15, 0.2) is 64.5 Å². The molecule has 0 spiro atoms. The number of ether oxygens (including phenoxy) is 1. The molecule has 0 aliphatic carbocycles. The van der Waals surface area contributed by atoms with Crippen molar-refractivity contribution in [2.45, 2.75) is 36.0 Å². The van der Waals surface area contributed by atoms with Gasteiger partial charge in [-0.05, 0) is 54.1 Å². The number of rotatable bonds is 7. The average molecular weight is 585 g/mol. The zero-order valence-corrected chi connectivity index (χ0v) is 23.0. The van der Waals surface area contributed by atoms with Crippen LogP contribution in [0.4, 0.5) is 18.9 Å². The Morgan fingerprint density at radius 3 is 2.32 bits per heavy atom. The van der Waals surface area contributed by atoms with E-state index in [9.17, 15) is 21.6 Å². The van der Waals surface area contributed by atoms with Crippen LogP contribution in [-0.2, 0) is 21.3 Å². The van der Waals surface area contributed by atoms with Crippen molar-refractivity contribution in [1.29, 1.82) is 0 Å². The number of hydrogen-bond acceptors (Lipinski definition) is 6. The van der Waals surface area contributed by atoms with E-state index in [1.165, 1.54) is 19.2 Å². The van der Waals surface area contributed by atoms with E-state index in [2.05, 4.69) is 4.99 Å². The monoisotopic (exact) mass is 584 g/mol. The largest absolute Gasteiger partial charge is 0.495 e. The predicted octanol–water partition coefficient (Wildman–Crippen LogP) is 6.47. The van der Waals surface area contributed by atoms with Gasteiger partial charge in [-0.3, -0.25) is 9.55 Å². The van der Waals surface area contributed by atoms with Crippen LogP contribution in [0.3, 0.4) is 0 Å². The van der Waals surface area contributed by atoms with Crippen molar-refractivity contribution in [3.8, 4) is 5.75 Å². The van der Waals surface area contributed by atoms with Gasteiger partial charge < -0.3 is 9.64 Å². The molecule has 0 saturated carbocycles. The number of methoxy groups -OCH3 is 1. The molecule has 3 aromatic carbocycles. The first-order chi connectivity index (χ1) is 17.8. The minimum absolute atomic E-state index is 0.206. The molecule has 0 radical (unpaired) electrons. The topological polar surface area (TPSA) is 79.2 Å². The van der Waals surface area contributed by atoms with Gasteiger partial charge >= 0.3 is 0 Å². The Hall–Kier alpha value is -2.73. The summed E-state index contributed by atoms with van der Waals surface area (Å²) in [6, 6.07) is 12.2. The van der Waals surface area contributed by atoms with Crippen LogP contribution in [0.5, 0.6) is 5.75 Å². The lowest BCUT2D eigenvalue weighted by molar-refractivity contribution is 0.403. The average Bonchev–Trinajstić information content (AvgIpc) is 3.28. The fourth-order valence-electron chi connectivity index (χ4n) is 4.27. The molecular formula is C26H24ClF3N2O4S2. The van der Waals surface area contributed by atoms with Crippen molar-refractivity contribution in [2.75, 3.05) is 18.6 Å². The van der Waals surface area contributed by atoms with E-state index in [0.717, 1.165) is 17.3 Å². The fourth-order valence-corrected chi connectivity index (χ4v) is 6.06. The molecule has 1 unspecified atom stereocenters. The first kappa shape index (κ1) is 28.3. The predicted molar refractivity (Wildman–Crippen MR) is 143 cm³/mol. The van der Waals surface area contributed by atoms with E-state index in [4.69, 9.17) is 20.9 Å². The summed E-state index contributed by atoms with van der Waals surface area (Å²) in [4.78, 5) is 5.68. The molecule has 0 fully saturated rings. The summed E-state index contributed by atoms with van der Waals surface area (Å²) in [5, 5.41) is 0.915. The van der Waals surface area contributed by atoms with Crippen LogP contribution in [0.2, 0.25) is 5.02 Å². The van der Waals surface area contributed by atoms with Crippen molar-refractivity contribution in [1.82, 2.24) is 0 Å².